The number of carbonyl (C=O) groups is 1. The van der Waals surface area contributed by atoms with E-state index in [1.54, 1.807) is 0 Å². The minimum atomic E-state index is -1.25. The molecule has 0 aliphatic carbocycles. The Kier molecular flexibility index (Phi) is 2.01. The van der Waals surface area contributed by atoms with Gasteiger partial charge in [-0.05, 0) is 12.1 Å². The van der Waals surface area contributed by atoms with Crippen LogP contribution in [0.25, 0.3) is 10.8 Å². The molecule has 1 aromatic carbocycles. The average molecular weight is 221 g/mol. The molecule has 0 bridgehead atoms. The third kappa shape index (κ3) is 1.26. The molecule has 0 radical (unpaired) electrons. The molecule has 2 rings (SSSR count). The molecule has 2 aromatic rings. The first-order chi connectivity index (χ1) is 7.52. The summed E-state index contributed by atoms with van der Waals surface area (Å²) in [7, 11) is 0. The summed E-state index contributed by atoms with van der Waals surface area (Å²) in [5.74, 6) is -1.25. The van der Waals surface area contributed by atoms with Crippen LogP contribution < -0.4 is 16.9 Å². The molecule has 0 fully saturated rings. The summed E-state index contributed by atoms with van der Waals surface area (Å²) in [6.07, 6.45) is 0. The molecular weight excluding hydrogens is 214 g/mol. The van der Waals surface area contributed by atoms with Crippen LogP contribution in [0.15, 0.2) is 21.7 Å². The number of carboxylic acids is 1. The number of aromatic amines is 2. The van der Waals surface area contributed by atoms with Gasteiger partial charge in [0.2, 0.25) is 0 Å². The number of rotatable bonds is 1. The minimum absolute atomic E-state index is 0.0613. The van der Waals surface area contributed by atoms with Gasteiger partial charge in [-0.1, -0.05) is 0 Å². The van der Waals surface area contributed by atoms with Crippen molar-refractivity contribution in [3.8, 4) is 0 Å². The molecule has 0 amide bonds. The first-order valence-corrected chi connectivity index (χ1v) is 4.29. The number of nitrogens with one attached hydrogen (secondary N) is 2. The first kappa shape index (κ1) is 9.97. The molecule has 7 heteroatoms. The van der Waals surface area contributed by atoms with Gasteiger partial charge >= 0.3 is 5.97 Å². The second-order valence-corrected chi connectivity index (χ2v) is 3.16. The number of benzene rings is 1. The van der Waals surface area contributed by atoms with Gasteiger partial charge in [-0.2, -0.15) is 0 Å². The van der Waals surface area contributed by atoms with Gasteiger partial charge in [0.25, 0.3) is 11.1 Å². The Morgan fingerprint density at radius 1 is 1.19 bits per heavy atom. The number of fused-ring (bicyclic) bond motifs is 1. The largest absolute Gasteiger partial charge is 0.478 e. The van der Waals surface area contributed by atoms with E-state index in [1.165, 1.54) is 12.1 Å². The summed E-state index contributed by atoms with van der Waals surface area (Å²) >= 11 is 0. The molecule has 0 saturated carbocycles. The molecule has 0 spiro atoms. The van der Waals surface area contributed by atoms with Crippen LogP contribution in [0.2, 0.25) is 0 Å². The Labute approximate surface area is 87.5 Å². The lowest BCUT2D eigenvalue weighted by atomic mass is 10.1. The number of carboxylic acid groups (broad SMARTS) is 1. The van der Waals surface area contributed by atoms with Crippen molar-refractivity contribution in [1.82, 2.24) is 10.2 Å². The Bertz CT molecular complexity index is 698. The summed E-state index contributed by atoms with van der Waals surface area (Å²) < 4.78 is 0. The van der Waals surface area contributed by atoms with Crippen molar-refractivity contribution in [2.24, 2.45) is 0 Å². The van der Waals surface area contributed by atoms with Gasteiger partial charge in [0, 0.05) is 0 Å². The van der Waals surface area contributed by atoms with Gasteiger partial charge in [-0.15, -0.1) is 0 Å². The highest BCUT2D eigenvalue weighted by Crippen LogP contribution is 2.18. The number of nitrogen functional groups attached to an aromatic ring is 1. The molecule has 1 aromatic heterocycles. The van der Waals surface area contributed by atoms with Crippen molar-refractivity contribution in [1.29, 1.82) is 0 Å². The van der Waals surface area contributed by atoms with Crippen molar-refractivity contribution in [3.63, 3.8) is 0 Å². The minimum Gasteiger partial charge on any atom is -0.478 e. The predicted octanol–water partition coefficient (Wildman–Crippen LogP) is -0.503. The molecule has 7 nitrogen and oxygen atoms in total. The molecule has 0 aliphatic heterocycles. The molecule has 0 unspecified atom stereocenters. The van der Waals surface area contributed by atoms with Gasteiger partial charge < -0.3 is 10.8 Å². The fraction of sp³-hybridized carbons (Fsp3) is 0. The fourth-order valence-electron chi connectivity index (χ4n) is 1.48. The smallest absolute Gasteiger partial charge is 0.337 e. The Hall–Kier alpha value is -2.57. The molecule has 0 aliphatic rings. The van der Waals surface area contributed by atoms with Crippen LogP contribution >= 0.6 is 0 Å². The first-order valence-electron chi connectivity index (χ1n) is 4.29. The molecule has 0 saturated heterocycles. The van der Waals surface area contributed by atoms with E-state index >= 15 is 0 Å². The molecule has 0 atom stereocenters. The maximum absolute atomic E-state index is 11.4. The summed E-state index contributed by atoms with van der Waals surface area (Å²) in [5, 5.41) is 13.0. The predicted molar refractivity (Wildman–Crippen MR) is 56.6 cm³/mol. The summed E-state index contributed by atoms with van der Waals surface area (Å²) in [4.78, 5) is 33.5. The van der Waals surface area contributed by atoms with Gasteiger partial charge in [0.05, 0.1) is 22.0 Å². The lowest BCUT2D eigenvalue weighted by molar-refractivity contribution is 0.0698. The lowest BCUT2D eigenvalue weighted by Crippen LogP contribution is -2.21. The van der Waals surface area contributed by atoms with Gasteiger partial charge in [0.1, 0.15) is 0 Å². The van der Waals surface area contributed by atoms with Crippen LogP contribution in [0.4, 0.5) is 5.69 Å². The summed E-state index contributed by atoms with van der Waals surface area (Å²) in [6, 6.07) is 2.44. The standard InChI is InChI=1S/C9H7N3O4/c10-6-4(9(15)16)2-1-3-5(6)8(14)12-11-7(3)13/h1-2H,10H2,(H,11,13)(H,12,14)(H,15,16). The number of anilines is 1. The fourth-order valence-corrected chi connectivity index (χ4v) is 1.48. The number of nitrogens with two attached hydrogens (primary N) is 1. The quantitative estimate of drug-likeness (QED) is 0.482. The van der Waals surface area contributed by atoms with Crippen molar-refractivity contribution >= 4 is 22.4 Å². The molecule has 82 valence electrons. The lowest BCUT2D eigenvalue weighted by Gasteiger charge is -2.03. The highest BCUT2D eigenvalue weighted by Gasteiger charge is 2.14. The third-order valence-electron chi connectivity index (χ3n) is 2.24. The van der Waals surface area contributed by atoms with Crippen LogP contribution in [-0.4, -0.2) is 21.3 Å². The normalized spacial score (nSPS) is 10.5. The maximum atomic E-state index is 11.4. The van der Waals surface area contributed by atoms with E-state index in [0.29, 0.717) is 0 Å². The van der Waals surface area contributed by atoms with Crippen molar-refractivity contribution in [3.05, 3.63) is 38.4 Å². The second-order valence-electron chi connectivity index (χ2n) is 3.16. The zero-order valence-electron chi connectivity index (χ0n) is 7.90. The maximum Gasteiger partial charge on any atom is 0.337 e. The van der Waals surface area contributed by atoms with Crippen LogP contribution in [0.5, 0.6) is 0 Å². The SMILES string of the molecule is Nc1c(C(=O)O)ccc2c(=O)[nH][nH]c(=O)c12. The van der Waals surface area contributed by atoms with Crippen molar-refractivity contribution in [2.45, 2.75) is 0 Å². The number of aromatic carboxylic acids is 1. The topological polar surface area (TPSA) is 129 Å². The highest BCUT2D eigenvalue weighted by molar-refractivity contribution is 6.04. The average Bonchev–Trinajstić information content (AvgIpc) is 2.23. The van der Waals surface area contributed by atoms with Crippen molar-refractivity contribution < 1.29 is 9.90 Å². The van der Waals surface area contributed by atoms with Gasteiger partial charge in [-0.3, -0.25) is 19.8 Å². The highest BCUT2D eigenvalue weighted by atomic mass is 16.4. The number of hydrogen-bond acceptors (Lipinski definition) is 4. The molecule has 5 N–H and O–H groups in total. The van der Waals surface area contributed by atoms with E-state index in [-0.39, 0.29) is 22.0 Å². The summed E-state index contributed by atoms with van der Waals surface area (Å²) in [6.45, 7) is 0. The van der Waals surface area contributed by atoms with E-state index in [2.05, 4.69) is 10.2 Å². The van der Waals surface area contributed by atoms with Crippen LogP contribution in [0.3, 0.4) is 0 Å². The van der Waals surface area contributed by atoms with Crippen molar-refractivity contribution in [2.75, 3.05) is 5.73 Å². The van der Waals surface area contributed by atoms with E-state index in [0.717, 1.165) is 0 Å². The Balaban J connectivity index is 3.06. The van der Waals surface area contributed by atoms with E-state index in [1.807, 2.05) is 0 Å². The third-order valence-corrected chi connectivity index (χ3v) is 2.24. The Morgan fingerprint density at radius 2 is 1.81 bits per heavy atom. The molecule has 16 heavy (non-hydrogen) atoms. The monoisotopic (exact) mass is 221 g/mol. The Morgan fingerprint density at radius 3 is 2.44 bits per heavy atom. The number of H-pyrrole nitrogens is 2. The zero-order valence-corrected chi connectivity index (χ0v) is 7.90. The second kappa shape index (κ2) is 3.23. The zero-order chi connectivity index (χ0) is 11.9. The van der Waals surface area contributed by atoms with Crippen LogP contribution in [-0.2, 0) is 0 Å². The van der Waals surface area contributed by atoms with Gasteiger partial charge in [-0.25, -0.2) is 4.79 Å². The number of hydrogen-bond donors (Lipinski definition) is 4. The van der Waals surface area contributed by atoms with Crippen LogP contribution in [0.1, 0.15) is 10.4 Å². The molecule has 1 heterocycles. The summed E-state index contributed by atoms with van der Waals surface area (Å²) in [5.41, 5.74) is 3.96. The van der Waals surface area contributed by atoms with Gasteiger partial charge in [0.15, 0.2) is 0 Å². The van der Waals surface area contributed by atoms with Crippen LogP contribution in [0, 0.1) is 0 Å². The van der Waals surface area contributed by atoms with E-state index in [4.69, 9.17) is 10.8 Å². The number of aromatic nitrogens is 2. The molecular formula is C9H7N3O4. The van der Waals surface area contributed by atoms with E-state index in [9.17, 15) is 14.4 Å². The van der Waals surface area contributed by atoms with E-state index < -0.39 is 17.1 Å².